The van der Waals surface area contributed by atoms with E-state index in [1.165, 1.54) is 0 Å². The molecule has 0 aliphatic carbocycles. The maximum atomic E-state index is 12.1. The Hall–Kier alpha value is -1.52. The third kappa shape index (κ3) is 5.02. The highest BCUT2D eigenvalue weighted by Crippen LogP contribution is 2.61. The summed E-state index contributed by atoms with van der Waals surface area (Å²) < 4.78 is 24.3. The molecule has 4 N–H and O–H groups in total. The first-order chi connectivity index (χ1) is 14.9. The van der Waals surface area contributed by atoms with Crippen LogP contribution in [0.15, 0.2) is 48.5 Å². The van der Waals surface area contributed by atoms with E-state index in [-0.39, 0.29) is 0 Å². The Morgan fingerprint density at radius 1 is 0.594 bits per heavy atom. The van der Waals surface area contributed by atoms with E-state index in [1.807, 2.05) is 36.4 Å². The summed E-state index contributed by atoms with van der Waals surface area (Å²) in [6.07, 6.45) is 5.18. The summed E-state index contributed by atoms with van der Waals surface area (Å²) in [5, 5.41) is -2.34. The maximum absolute atomic E-state index is 12.1. The Kier molecular flexibility index (Phi) is 8.50. The highest BCUT2D eigenvalue weighted by molar-refractivity contribution is 7.53. The van der Waals surface area contributed by atoms with Gasteiger partial charge in [-0.05, 0) is 47.9 Å². The molecule has 0 saturated carbocycles. The molecule has 2 rings (SSSR count). The fourth-order valence-corrected chi connectivity index (χ4v) is 7.10. The van der Waals surface area contributed by atoms with Crippen LogP contribution in [0.1, 0.15) is 75.6 Å². The fourth-order valence-electron chi connectivity index (χ4n) is 4.48. The quantitative estimate of drug-likeness (QED) is 0.236. The van der Waals surface area contributed by atoms with Crippen LogP contribution < -0.4 is 0 Å². The average Bonchev–Trinajstić information content (AvgIpc) is 2.74. The second kappa shape index (κ2) is 10.2. The van der Waals surface area contributed by atoms with Crippen LogP contribution >= 0.6 is 15.2 Å². The number of benzene rings is 2. The first kappa shape index (κ1) is 26.7. The molecule has 8 heteroatoms. The van der Waals surface area contributed by atoms with E-state index in [0.717, 1.165) is 11.1 Å². The van der Waals surface area contributed by atoms with Crippen LogP contribution in [-0.4, -0.2) is 19.6 Å². The molecule has 0 amide bonds. The van der Waals surface area contributed by atoms with Crippen molar-refractivity contribution in [3.8, 4) is 0 Å². The SMILES string of the molecule is CCC(CC)(c1ccc(/C=C/c2ccc(C(CC)(CC)P(=O)(O)O)cc2)cc1)P(=O)(O)O. The highest BCUT2D eigenvalue weighted by Gasteiger charge is 2.46. The van der Waals surface area contributed by atoms with Gasteiger partial charge in [0.2, 0.25) is 0 Å². The molecule has 32 heavy (non-hydrogen) atoms. The molecule has 0 atom stereocenters. The van der Waals surface area contributed by atoms with Gasteiger partial charge in [0.25, 0.3) is 0 Å². The molecule has 0 heterocycles. The molecule has 0 bridgehead atoms. The third-order valence-corrected chi connectivity index (χ3v) is 10.8. The van der Waals surface area contributed by atoms with Crippen molar-refractivity contribution in [2.45, 2.75) is 63.7 Å². The van der Waals surface area contributed by atoms with Crippen LogP contribution in [0.3, 0.4) is 0 Å². The highest BCUT2D eigenvalue weighted by atomic mass is 31.2. The smallest absolute Gasteiger partial charge is 0.324 e. The average molecular weight is 480 g/mol. The minimum absolute atomic E-state index is 0.348. The molecule has 0 radical (unpaired) electrons. The number of hydrogen-bond donors (Lipinski definition) is 4. The lowest BCUT2D eigenvalue weighted by Gasteiger charge is -2.33. The van der Waals surface area contributed by atoms with Gasteiger partial charge < -0.3 is 19.6 Å². The molecular weight excluding hydrogens is 446 g/mol. The monoisotopic (exact) mass is 480 g/mol. The predicted molar refractivity (Wildman–Crippen MR) is 130 cm³/mol. The molecule has 0 aliphatic heterocycles. The van der Waals surface area contributed by atoms with Gasteiger partial charge in [0.15, 0.2) is 0 Å². The summed E-state index contributed by atoms with van der Waals surface area (Å²) in [6, 6.07) is 14.4. The first-order valence-corrected chi connectivity index (χ1v) is 14.1. The van der Waals surface area contributed by atoms with Gasteiger partial charge in [-0.25, -0.2) is 0 Å². The van der Waals surface area contributed by atoms with Crippen LogP contribution in [0.25, 0.3) is 12.2 Å². The Labute approximate surface area is 190 Å². The van der Waals surface area contributed by atoms with Crippen molar-refractivity contribution in [3.63, 3.8) is 0 Å². The van der Waals surface area contributed by atoms with E-state index in [2.05, 4.69) is 0 Å². The van der Waals surface area contributed by atoms with E-state index in [9.17, 15) is 28.7 Å². The summed E-state index contributed by atoms with van der Waals surface area (Å²) in [4.78, 5) is 39.7. The Morgan fingerprint density at radius 2 is 0.844 bits per heavy atom. The lowest BCUT2D eigenvalue weighted by atomic mass is 9.91. The molecule has 0 aromatic heterocycles. The minimum Gasteiger partial charge on any atom is -0.324 e. The summed E-state index contributed by atoms with van der Waals surface area (Å²) in [5.41, 5.74) is 3.03. The van der Waals surface area contributed by atoms with Gasteiger partial charge in [-0.1, -0.05) is 88.4 Å². The zero-order valence-corrected chi connectivity index (χ0v) is 20.9. The Balaban J connectivity index is 2.28. The minimum atomic E-state index is -4.32. The van der Waals surface area contributed by atoms with E-state index >= 15 is 0 Å². The molecule has 0 saturated heterocycles. The van der Waals surface area contributed by atoms with E-state index in [0.29, 0.717) is 36.8 Å². The van der Waals surface area contributed by atoms with E-state index in [1.54, 1.807) is 52.0 Å². The second-order valence-electron chi connectivity index (χ2n) is 8.14. The summed E-state index contributed by atoms with van der Waals surface area (Å²) in [5.74, 6) is 0. The summed E-state index contributed by atoms with van der Waals surface area (Å²) >= 11 is 0. The van der Waals surface area contributed by atoms with Gasteiger partial charge in [0.05, 0.1) is 10.3 Å². The lowest BCUT2D eigenvalue weighted by Crippen LogP contribution is -2.24. The van der Waals surface area contributed by atoms with Crippen LogP contribution in [0.2, 0.25) is 0 Å². The number of rotatable bonds is 10. The van der Waals surface area contributed by atoms with E-state index in [4.69, 9.17) is 0 Å². The van der Waals surface area contributed by atoms with Gasteiger partial charge in [0, 0.05) is 0 Å². The van der Waals surface area contributed by atoms with Crippen LogP contribution in [-0.2, 0) is 19.4 Å². The Morgan fingerprint density at radius 3 is 1.03 bits per heavy atom. The summed E-state index contributed by atoms with van der Waals surface area (Å²) in [7, 11) is -8.63. The van der Waals surface area contributed by atoms with Crippen molar-refractivity contribution in [2.24, 2.45) is 0 Å². The van der Waals surface area contributed by atoms with Crippen molar-refractivity contribution in [3.05, 3.63) is 70.8 Å². The zero-order valence-electron chi connectivity index (χ0n) is 19.1. The van der Waals surface area contributed by atoms with Gasteiger partial charge in [-0.2, -0.15) is 0 Å². The van der Waals surface area contributed by atoms with Crippen molar-refractivity contribution in [1.82, 2.24) is 0 Å². The van der Waals surface area contributed by atoms with Gasteiger partial charge in [-0.3, -0.25) is 9.13 Å². The molecule has 2 aromatic carbocycles. The predicted octanol–water partition coefficient (Wildman–Crippen LogP) is 6.24. The van der Waals surface area contributed by atoms with Crippen LogP contribution in [0, 0.1) is 0 Å². The van der Waals surface area contributed by atoms with Gasteiger partial charge >= 0.3 is 15.2 Å². The van der Waals surface area contributed by atoms with Gasteiger partial charge in [-0.15, -0.1) is 0 Å². The third-order valence-electron chi connectivity index (χ3n) is 6.82. The zero-order chi connectivity index (χ0) is 24.2. The molecule has 6 nitrogen and oxygen atoms in total. The summed E-state index contributed by atoms with van der Waals surface area (Å²) in [6.45, 7) is 7.16. The normalized spacial score (nSPS) is 13.6. The molecule has 0 spiro atoms. The van der Waals surface area contributed by atoms with Crippen LogP contribution in [0.5, 0.6) is 0 Å². The molecule has 176 valence electrons. The molecule has 2 aromatic rings. The molecule has 0 fully saturated rings. The maximum Gasteiger partial charge on any atom is 0.335 e. The van der Waals surface area contributed by atoms with E-state index < -0.39 is 25.5 Å². The van der Waals surface area contributed by atoms with Crippen molar-refractivity contribution < 1.29 is 28.7 Å². The van der Waals surface area contributed by atoms with Crippen molar-refractivity contribution in [1.29, 1.82) is 0 Å². The van der Waals surface area contributed by atoms with Crippen molar-refractivity contribution in [2.75, 3.05) is 0 Å². The van der Waals surface area contributed by atoms with Crippen LogP contribution in [0.4, 0.5) is 0 Å². The Bertz CT molecular complexity index is 924. The number of hydrogen-bond acceptors (Lipinski definition) is 2. The standard InChI is InChI=1S/C24H34O6P2/c1-5-23(6-2,31(25,26)27)21-15-11-19(12-16-21)9-10-20-13-17-22(18-14-20)24(7-3,8-4)32(28,29)30/h9-18H,5-8H2,1-4H3,(H2,25,26,27)(H2,28,29,30)/b10-9+. The first-order valence-electron chi connectivity index (χ1n) is 10.9. The molecule has 0 aliphatic rings. The largest absolute Gasteiger partial charge is 0.335 e. The molecular formula is C24H34O6P2. The lowest BCUT2D eigenvalue weighted by molar-refractivity contribution is 0.314. The van der Waals surface area contributed by atoms with Crippen molar-refractivity contribution >= 4 is 27.3 Å². The topological polar surface area (TPSA) is 115 Å². The molecule has 0 unspecified atom stereocenters. The second-order valence-corrected chi connectivity index (χ2v) is 12.0. The van der Waals surface area contributed by atoms with Gasteiger partial charge in [0.1, 0.15) is 0 Å². The fraction of sp³-hybridized carbons (Fsp3) is 0.417.